The zero-order valence-electron chi connectivity index (χ0n) is 24.8. The van der Waals surface area contributed by atoms with Crippen LogP contribution in [0.3, 0.4) is 0 Å². The third-order valence-corrected chi connectivity index (χ3v) is 8.57. The van der Waals surface area contributed by atoms with Gasteiger partial charge >= 0.3 is 0 Å². The highest BCUT2D eigenvalue weighted by Gasteiger charge is 2.39. The summed E-state index contributed by atoms with van der Waals surface area (Å²) in [6.45, 7) is 3.92. The zero-order valence-corrected chi connectivity index (χ0v) is 24.8. The maximum atomic E-state index is 14.6. The van der Waals surface area contributed by atoms with Crippen LogP contribution in [0.2, 0.25) is 0 Å². The Labute approximate surface area is 258 Å². The maximum Gasteiger partial charge on any atom is 0.298 e. The summed E-state index contributed by atoms with van der Waals surface area (Å²) in [5, 5.41) is 7.76. The van der Waals surface area contributed by atoms with Crippen LogP contribution in [0, 0.1) is 13.8 Å². The number of nitrogens with zero attached hydrogens (tertiary/aromatic N) is 4. The average molecular weight is 593 g/mol. The topological polar surface area (TPSA) is 121 Å². The van der Waals surface area contributed by atoms with Crippen LogP contribution in [0.5, 0.6) is 17.5 Å². The second kappa shape index (κ2) is 10.1. The second-order valence-electron chi connectivity index (χ2n) is 11.3. The van der Waals surface area contributed by atoms with E-state index in [0.29, 0.717) is 28.6 Å². The number of carbonyl (C=O) groups excluding carboxylic acids is 1. The second-order valence-corrected chi connectivity index (χ2v) is 11.3. The Bertz CT molecular complexity index is 2300. The molecule has 3 N–H and O–H groups in total. The van der Waals surface area contributed by atoms with Crippen LogP contribution >= 0.6 is 0 Å². The Kier molecular flexibility index (Phi) is 5.96. The van der Waals surface area contributed by atoms with Crippen LogP contribution in [0.4, 0.5) is 5.82 Å². The van der Waals surface area contributed by atoms with E-state index in [1.165, 1.54) is 11.0 Å². The van der Waals surface area contributed by atoms with E-state index in [0.717, 1.165) is 55.2 Å². The van der Waals surface area contributed by atoms with Crippen molar-refractivity contribution in [2.24, 2.45) is 0 Å². The van der Waals surface area contributed by atoms with Crippen LogP contribution in [-0.2, 0) is 0 Å². The Morgan fingerprint density at radius 3 is 2.60 bits per heavy atom. The number of methoxy groups -OCH3 is 1. The number of fused-ring (bicyclic) bond motifs is 4. The molecule has 1 unspecified atom stereocenters. The first-order valence-electron chi connectivity index (χ1n) is 14.6. The van der Waals surface area contributed by atoms with E-state index in [1.54, 1.807) is 7.11 Å². The van der Waals surface area contributed by atoms with E-state index in [9.17, 15) is 4.79 Å². The number of hydrogen-bond donors (Lipinski definition) is 2. The lowest BCUT2D eigenvalue weighted by atomic mass is 9.82. The van der Waals surface area contributed by atoms with Crippen molar-refractivity contribution in [1.29, 1.82) is 0 Å². The van der Waals surface area contributed by atoms with Gasteiger partial charge in [0, 0.05) is 16.5 Å². The first-order chi connectivity index (χ1) is 21.9. The molecule has 0 saturated heterocycles. The lowest BCUT2D eigenvalue weighted by molar-refractivity contribution is 0.0931. The number of carbonyl (C=O) groups is 1. The van der Waals surface area contributed by atoms with Crippen molar-refractivity contribution >= 4 is 33.4 Å². The van der Waals surface area contributed by atoms with Gasteiger partial charge in [0.1, 0.15) is 23.6 Å². The summed E-state index contributed by atoms with van der Waals surface area (Å²) in [4.78, 5) is 26.8. The third kappa shape index (κ3) is 4.08. The number of hydrogen-bond acceptors (Lipinski definition) is 7. The van der Waals surface area contributed by atoms with Crippen molar-refractivity contribution in [3.05, 3.63) is 125 Å². The normalized spacial score (nSPS) is 13.8. The number of nitrogens with one attached hydrogen (secondary N) is 1. The first kappa shape index (κ1) is 26.7. The van der Waals surface area contributed by atoms with E-state index < -0.39 is 5.92 Å². The van der Waals surface area contributed by atoms with Gasteiger partial charge in [-0.25, -0.2) is 9.97 Å². The van der Waals surface area contributed by atoms with Gasteiger partial charge in [-0.15, -0.1) is 0 Å². The van der Waals surface area contributed by atoms with Crippen molar-refractivity contribution in [1.82, 2.24) is 24.7 Å². The van der Waals surface area contributed by atoms with Crippen molar-refractivity contribution in [2.75, 3.05) is 12.8 Å². The molecule has 0 radical (unpaired) electrons. The molecule has 0 spiro atoms. The molecule has 0 saturated carbocycles. The number of nitrogen functional groups attached to an aromatic ring is 1. The van der Waals surface area contributed by atoms with E-state index in [1.807, 2.05) is 86.6 Å². The fraction of sp³-hybridized carbons (Fsp3) is 0.111. The average Bonchev–Trinajstić information content (AvgIpc) is 3.60. The van der Waals surface area contributed by atoms with Gasteiger partial charge in [-0.05, 0) is 60.0 Å². The van der Waals surface area contributed by atoms with Gasteiger partial charge in [-0.2, -0.15) is 9.78 Å². The van der Waals surface area contributed by atoms with Crippen LogP contribution in [0.15, 0.2) is 91.3 Å². The van der Waals surface area contributed by atoms with E-state index in [-0.39, 0.29) is 11.8 Å². The predicted molar refractivity (Wildman–Crippen MR) is 173 cm³/mol. The molecular weight excluding hydrogens is 564 g/mol. The summed E-state index contributed by atoms with van der Waals surface area (Å²) in [6, 6.07) is 28.0. The molecule has 9 heteroatoms. The van der Waals surface area contributed by atoms with E-state index >= 15 is 0 Å². The summed E-state index contributed by atoms with van der Waals surface area (Å²) >= 11 is 0. The van der Waals surface area contributed by atoms with Crippen LogP contribution < -0.4 is 15.2 Å². The number of aryl methyl sites for hydroxylation is 2. The van der Waals surface area contributed by atoms with Crippen LogP contribution in [0.1, 0.15) is 44.4 Å². The molecule has 9 nitrogen and oxygen atoms in total. The molecule has 7 aromatic rings. The standard InChI is InChI=1S/C36H28N6O3/c1-19-12-15-27-26(16-19)29(21-8-5-4-6-9-21)32(40-27)35(43)42-36-28(20(2)41-42)30(31-33(37)38-18-39-34(31)45-36)25-11-7-10-22-17-23(44-3)13-14-24(22)25/h4-18,30,40H,1-3H3,(H2,37,38,39). The summed E-state index contributed by atoms with van der Waals surface area (Å²) in [5.41, 5.74) is 13.6. The molecule has 1 atom stereocenters. The highest BCUT2D eigenvalue weighted by Crippen LogP contribution is 2.51. The largest absolute Gasteiger partial charge is 0.497 e. The molecule has 0 fully saturated rings. The van der Waals surface area contributed by atoms with Gasteiger partial charge < -0.3 is 20.2 Å². The molecule has 0 bridgehead atoms. The number of aromatic amines is 1. The van der Waals surface area contributed by atoms with E-state index in [4.69, 9.17) is 20.3 Å². The Hall–Kier alpha value is -5.96. The number of nitrogens with two attached hydrogens (primary N) is 1. The summed E-state index contributed by atoms with van der Waals surface area (Å²) < 4.78 is 13.2. The molecule has 220 valence electrons. The Balaban J connectivity index is 1.36. The van der Waals surface area contributed by atoms with Gasteiger partial charge in [0.15, 0.2) is 0 Å². The lowest BCUT2D eigenvalue weighted by Crippen LogP contribution is -2.20. The highest BCUT2D eigenvalue weighted by atomic mass is 16.5. The summed E-state index contributed by atoms with van der Waals surface area (Å²) in [7, 11) is 1.65. The molecule has 4 aromatic carbocycles. The van der Waals surface area contributed by atoms with Crippen molar-refractivity contribution in [3.8, 4) is 28.6 Å². The quantitative estimate of drug-likeness (QED) is 0.222. The van der Waals surface area contributed by atoms with Gasteiger partial charge in [0.25, 0.3) is 5.91 Å². The predicted octanol–water partition coefficient (Wildman–Crippen LogP) is 7.16. The number of anilines is 1. The fourth-order valence-corrected chi connectivity index (χ4v) is 6.52. The molecule has 4 heterocycles. The number of benzene rings is 4. The molecule has 3 aromatic heterocycles. The number of H-pyrrole nitrogens is 1. The fourth-order valence-electron chi connectivity index (χ4n) is 6.52. The van der Waals surface area contributed by atoms with Crippen LogP contribution in [0.25, 0.3) is 32.8 Å². The molecule has 1 aliphatic rings. The van der Waals surface area contributed by atoms with Gasteiger partial charge in [-0.3, -0.25) is 4.79 Å². The van der Waals surface area contributed by atoms with Gasteiger partial charge in [-0.1, -0.05) is 66.2 Å². The first-order valence-corrected chi connectivity index (χ1v) is 14.6. The number of rotatable bonds is 4. The molecule has 0 amide bonds. The van der Waals surface area contributed by atoms with E-state index in [2.05, 4.69) is 27.1 Å². The minimum Gasteiger partial charge on any atom is -0.497 e. The lowest BCUT2D eigenvalue weighted by Gasteiger charge is -2.27. The maximum absolute atomic E-state index is 14.6. The molecule has 1 aliphatic heterocycles. The Morgan fingerprint density at radius 2 is 1.78 bits per heavy atom. The highest BCUT2D eigenvalue weighted by molar-refractivity contribution is 6.10. The van der Waals surface area contributed by atoms with Gasteiger partial charge in [0.2, 0.25) is 11.8 Å². The third-order valence-electron chi connectivity index (χ3n) is 8.57. The molecule has 8 rings (SSSR count). The van der Waals surface area contributed by atoms with Crippen molar-refractivity contribution < 1.29 is 14.3 Å². The minimum atomic E-state index is -0.442. The smallest absolute Gasteiger partial charge is 0.298 e. The van der Waals surface area contributed by atoms with Crippen LogP contribution in [-0.4, -0.2) is 37.7 Å². The molecule has 45 heavy (non-hydrogen) atoms. The molecular formula is C36H28N6O3. The summed E-state index contributed by atoms with van der Waals surface area (Å²) in [5.74, 6) is 0.855. The van der Waals surface area contributed by atoms with Gasteiger partial charge in [0.05, 0.1) is 29.8 Å². The monoisotopic (exact) mass is 592 g/mol. The summed E-state index contributed by atoms with van der Waals surface area (Å²) in [6.07, 6.45) is 1.37. The SMILES string of the molecule is COc1ccc2c(C3c4c(N)ncnc4Oc4c3c(C)nn4C(=O)c3[nH]c4ccc(C)cc4c3-c3ccccc3)cccc2c1. The molecule has 0 aliphatic carbocycles. The minimum absolute atomic E-state index is 0.287. The number of ether oxygens (including phenoxy) is 2. The Morgan fingerprint density at radius 1 is 0.933 bits per heavy atom. The number of aromatic nitrogens is 5. The van der Waals surface area contributed by atoms with Crippen molar-refractivity contribution in [3.63, 3.8) is 0 Å². The van der Waals surface area contributed by atoms with Crippen molar-refractivity contribution in [2.45, 2.75) is 19.8 Å². The zero-order chi connectivity index (χ0) is 30.8.